The van der Waals surface area contributed by atoms with Gasteiger partial charge in [-0.3, -0.25) is 0 Å². The molecule has 0 spiro atoms. The molecular weight excluding hydrogens is 319 g/mol. The highest BCUT2D eigenvalue weighted by atomic mass is 32.2. The van der Waals surface area contributed by atoms with Crippen LogP contribution in [0.3, 0.4) is 0 Å². The molecule has 0 saturated carbocycles. The third-order valence-electron chi connectivity index (χ3n) is 2.66. The zero-order valence-electron chi connectivity index (χ0n) is 10.8. The second kappa shape index (κ2) is 5.69. The Kier molecular flexibility index (Phi) is 4.10. The number of halogens is 3. The summed E-state index contributed by atoms with van der Waals surface area (Å²) in [6.07, 6.45) is -4.84. The van der Waals surface area contributed by atoms with Crippen LogP contribution in [0.5, 0.6) is 5.75 Å². The van der Waals surface area contributed by atoms with Crippen molar-refractivity contribution < 1.29 is 25.8 Å². The van der Waals surface area contributed by atoms with Crippen LogP contribution in [-0.4, -0.2) is 8.42 Å². The highest BCUT2D eigenvalue weighted by Crippen LogP contribution is 2.34. The Morgan fingerprint density at radius 1 is 1.00 bits per heavy atom. The molecule has 0 aliphatic carbocycles. The van der Waals surface area contributed by atoms with Crippen molar-refractivity contribution in [3.05, 3.63) is 59.7 Å². The van der Waals surface area contributed by atoms with Gasteiger partial charge in [0.25, 0.3) is 0 Å². The van der Waals surface area contributed by atoms with Crippen molar-refractivity contribution in [1.82, 2.24) is 0 Å². The van der Waals surface area contributed by atoms with Gasteiger partial charge >= 0.3 is 16.3 Å². The molecule has 114 valence electrons. The van der Waals surface area contributed by atoms with E-state index in [4.69, 9.17) is 9.44 Å². The largest absolute Gasteiger partial charge is 0.417 e. The third kappa shape index (κ3) is 3.20. The van der Waals surface area contributed by atoms with E-state index in [2.05, 4.69) is 0 Å². The van der Waals surface area contributed by atoms with Crippen molar-refractivity contribution in [1.29, 1.82) is 5.26 Å². The highest BCUT2D eigenvalue weighted by molar-refractivity contribution is 7.87. The van der Waals surface area contributed by atoms with Crippen molar-refractivity contribution in [2.45, 2.75) is 11.1 Å². The molecule has 0 radical (unpaired) electrons. The maximum atomic E-state index is 12.8. The fourth-order valence-corrected chi connectivity index (χ4v) is 2.84. The number of para-hydroxylation sites is 1. The molecule has 2 aromatic rings. The van der Waals surface area contributed by atoms with E-state index in [0.717, 1.165) is 12.1 Å². The minimum Gasteiger partial charge on any atom is -0.379 e. The Morgan fingerprint density at radius 3 is 2.18 bits per heavy atom. The van der Waals surface area contributed by atoms with Gasteiger partial charge in [0.1, 0.15) is 16.7 Å². The van der Waals surface area contributed by atoms with Crippen LogP contribution >= 0.6 is 0 Å². The van der Waals surface area contributed by atoms with Crippen molar-refractivity contribution in [3.8, 4) is 11.8 Å². The van der Waals surface area contributed by atoms with Crippen molar-refractivity contribution >= 4 is 10.1 Å². The zero-order chi connectivity index (χ0) is 16.4. The van der Waals surface area contributed by atoms with Crippen LogP contribution in [0.15, 0.2) is 53.4 Å². The van der Waals surface area contributed by atoms with E-state index in [9.17, 15) is 21.6 Å². The third-order valence-corrected chi connectivity index (χ3v) is 3.95. The lowest BCUT2D eigenvalue weighted by Crippen LogP contribution is -2.15. The van der Waals surface area contributed by atoms with Crippen LogP contribution in [0.1, 0.15) is 11.1 Å². The molecule has 0 saturated heterocycles. The molecule has 0 unspecified atom stereocenters. The maximum Gasteiger partial charge on any atom is 0.417 e. The van der Waals surface area contributed by atoms with Crippen molar-refractivity contribution in [2.75, 3.05) is 0 Å². The Labute approximate surface area is 124 Å². The van der Waals surface area contributed by atoms with Crippen LogP contribution in [0.2, 0.25) is 0 Å². The molecule has 0 atom stereocenters. The summed E-state index contributed by atoms with van der Waals surface area (Å²) in [6.45, 7) is 0. The monoisotopic (exact) mass is 327 g/mol. The topological polar surface area (TPSA) is 67.2 Å². The minimum atomic E-state index is -4.84. The predicted octanol–water partition coefficient (Wildman–Crippen LogP) is 3.34. The van der Waals surface area contributed by atoms with E-state index in [-0.39, 0.29) is 5.75 Å². The first kappa shape index (κ1) is 15.9. The van der Waals surface area contributed by atoms with E-state index >= 15 is 0 Å². The smallest absolute Gasteiger partial charge is 0.379 e. The minimum absolute atomic E-state index is 0.0659. The predicted molar refractivity (Wildman–Crippen MR) is 70.4 cm³/mol. The number of benzene rings is 2. The fourth-order valence-electron chi connectivity index (χ4n) is 1.74. The Balaban J connectivity index is 2.55. The van der Waals surface area contributed by atoms with Gasteiger partial charge in [0.2, 0.25) is 0 Å². The molecular formula is C14H8F3NO3S. The lowest BCUT2D eigenvalue weighted by Gasteiger charge is -2.12. The van der Waals surface area contributed by atoms with Crippen LogP contribution in [-0.2, 0) is 16.3 Å². The van der Waals surface area contributed by atoms with Crippen molar-refractivity contribution in [2.24, 2.45) is 0 Å². The number of rotatable bonds is 3. The molecule has 0 aliphatic heterocycles. The molecule has 0 bridgehead atoms. The van der Waals surface area contributed by atoms with Gasteiger partial charge in [-0.25, -0.2) is 0 Å². The molecule has 8 heteroatoms. The number of hydrogen-bond acceptors (Lipinski definition) is 4. The van der Waals surface area contributed by atoms with Gasteiger partial charge in [-0.05, 0) is 24.3 Å². The number of nitrogens with zero attached hydrogens (tertiary/aromatic N) is 1. The summed E-state index contributed by atoms with van der Waals surface area (Å²) in [5.74, 6) is -0.0659. The Bertz CT molecular complexity index is 825. The Hall–Kier alpha value is -2.53. The Morgan fingerprint density at radius 2 is 1.64 bits per heavy atom. The molecule has 4 nitrogen and oxygen atoms in total. The summed E-state index contributed by atoms with van der Waals surface area (Å²) in [4.78, 5) is -0.825. The highest BCUT2D eigenvalue weighted by Gasteiger charge is 2.36. The van der Waals surface area contributed by atoms with Gasteiger partial charge in [-0.1, -0.05) is 24.3 Å². The second-order valence-corrected chi connectivity index (χ2v) is 5.65. The average Bonchev–Trinajstić information content (AvgIpc) is 2.46. The molecule has 0 amide bonds. The summed E-state index contributed by atoms with van der Waals surface area (Å²) in [5, 5.41) is 8.92. The van der Waals surface area contributed by atoms with Gasteiger partial charge in [-0.2, -0.15) is 26.9 Å². The van der Waals surface area contributed by atoms with Gasteiger partial charge in [0, 0.05) is 0 Å². The number of hydrogen-bond donors (Lipinski definition) is 0. The summed E-state index contributed by atoms with van der Waals surface area (Å²) in [5.41, 5.74) is -2.32. The lowest BCUT2D eigenvalue weighted by atomic mass is 10.1. The maximum absolute atomic E-state index is 12.8. The van der Waals surface area contributed by atoms with Gasteiger partial charge in [-0.15, -0.1) is 0 Å². The zero-order valence-corrected chi connectivity index (χ0v) is 11.6. The average molecular weight is 327 g/mol. The molecule has 0 N–H and O–H groups in total. The summed E-state index contributed by atoms with van der Waals surface area (Å²) < 4.78 is 67.5. The molecule has 2 rings (SSSR count). The molecule has 0 heterocycles. The van der Waals surface area contributed by atoms with Crippen LogP contribution in [0, 0.1) is 11.3 Å². The summed E-state index contributed by atoms with van der Waals surface area (Å²) >= 11 is 0. The van der Waals surface area contributed by atoms with E-state index in [1.54, 1.807) is 6.07 Å². The van der Waals surface area contributed by atoms with Crippen LogP contribution < -0.4 is 4.18 Å². The lowest BCUT2D eigenvalue weighted by molar-refractivity contribution is -0.137. The van der Waals surface area contributed by atoms with Gasteiger partial charge in [0.05, 0.1) is 11.1 Å². The molecule has 0 aliphatic rings. The quantitative estimate of drug-likeness (QED) is 0.811. The normalized spacial score (nSPS) is 11.7. The number of nitriles is 1. The van der Waals surface area contributed by atoms with E-state index < -0.39 is 32.3 Å². The molecule has 0 fully saturated rings. The van der Waals surface area contributed by atoms with Crippen molar-refractivity contribution in [3.63, 3.8) is 0 Å². The van der Waals surface area contributed by atoms with E-state index in [1.807, 2.05) is 0 Å². The fraction of sp³-hybridized carbons (Fsp3) is 0.0714. The van der Waals surface area contributed by atoms with Gasteiger partial charge < -0.3 is 4.18 Å². The molecule has 0 aromatic heterocycles. The first-order valence-electron chi connectivity index (χ1n) is 5.85. The standard InChI is InChI=1S/C14H8F3NO3S/c15-14(16,17)12-7-4-8-13(11(12)9-18)22(19,20)21-10-5-2-1-3-6-10/h1-8H. The molecule has 22 heavy (non-hydrogen) atoms. The van der Waals surface area contributed by atoms with Crippen LogP contribution in [0.4, 0.5) is 13.2 Å². The second-order valence-electron chi connectivity index (χ2n) is 4.14. The van der Waals surface area contributed by atoms with Gasteiger partial charge in [0.15, 0.2) is 0 Å². The number of alkyl halides is 3. The summed E-state index contributed by atoms with van der Waals surface area (Å²) in [7, 11) is -4.56. The van der Waals surface area contributed by atoms with Crippen LogP contribution in [0.25, 0.3) is 0 Å². The first-order chi connectivity index (χ1) is 10.3. The SMILES string of the molecule is N#Cc1c(C(F)(F)F)cccc1S(=O)(=O)Oc1ccccc1. The molecule has 2 aromatic carbocycles. The van der Waals surface area contributed by atoms with E-state index in [1.165, 1.54) is 30.3 Å². The first-order valence-corrected chi connectivity index (χ1v) is 7.26. The van der Waals surface area contributed by atoms with E-state index in [0.29, 0.717) is 6.07 Å². The summed E-state index contributed by atoms with van der Waals surface area (Å²) in [6, 6.07) is 11.0.